The van der Waals surface area contributed by atoms with Gasteiger partial charge in [-0.3, -0.25) is 4.79 Å². The third-order valence-electron chi connectivity index (χ3n) is 3.59. The van der Waals surface area contributed by atoms with Crippen LogP contribution in [0.3, 0.4) is 0 Å². The standard InChI is InChI=1S/C14H20N2O/c1-14(2)8-12(14)13(17)16(3)9-10-4-6-11(15)7-5-10/h4-7,12H,8-9,15H2,1-3H3. The third kappa shape index (κ3) is 2.60. The van der Waals surface area contributed by atoms with E-state index in [2.05, 4.69) is 13.8 Å². The van der Waals surface area contributed by atoms with Crippen molar-refractivity contribution < 1.29 is 4.79 Å². The molecule has 1 amide bonds. The number of carbonyl (C=O) groups is 1. The summed E-state index contributed by atoms with van der Waals surface area (Å²) < 4.78 is 0. The normalized spacial score (nSPS) is 21.0. The molecule has 0 heterocycles. The molecule has 1 aliphatic rings. The first-order valence-electron chi connectivity index (χ1n) is 5.99. The SMILES string of the molecule is CN(Cc1ccc(N)cc1)C(=O)C1CC1(C)C. The predicted molar refractivity (Wildman–Crippen MR) is 69.2 cm³/mol. The van der Waals surface area contributed by atoms with Gasteiger partial charge in [-0.25, -0.2) is 0 Å². The molecule has 1 fully saturated rings. The van der Waals surface area contributed by atoms with Gasteiger partial charge in [-0.15, -0.1) is 0 Å². The Morgan fingerprint density at radius 3 is 2.41 bits per heavy atom. The first-order valence-corrected chi connectivity index (χ1v) is 5.99. The molecule has 1 saturated carbocycles. The molecule has 2 N–H and O–H groups in total. The number of hydrogen-bond acceptors (Lipinski definition) is 2. The number of carbonyl (C=O) groups excluding carboxylic acids is 1. The van der Waals surface area contributed by atoms with Gasteiger partial charge in [-0.1, -0.05) is 26.0 Å². The maximum absolute atomic E-state index is 12.1. The maximum atomic E-state index is 12.1. The van der Waals surface area contributed by atoms with Crippen molar-refractivity contribution >= 4 is 11.6 Å². The van der Waals surface area contributed by atoms with Gasteiger partial charge in [0.05, 0.1) is 0 Å². The molecular weight excluding hydrogens is 212 g/mol. The fraction of sp³-hybridized carbons (Fsp3) is 0.500. The highest BCUT2D eigenvalue weighted by atomic mass is 16.2. The summed E-state index contributed by atoms with van der Waals surface area (Å²) in [4.78, 5) is 13.9. The lowest BCUT2D eigenvalue weighted by atomic mass is 10.1. The summed E-state index contributed by atoms with van der Waals surface area (Å²) in [5.41, 5.74) is 7.71. The Kier molecular flexibility index (Phi) is 2.86. The van der Waals surface area contributed by atoms with E-state index in [-0.39, 0.29) is 17.2 Å². The van der Waals surface area contributed by atoms with Crippen LogP contribution < -0.4 is 5.73 Å². The summed E-state index contributed by atoms with van der Waals surface area (Å²) in [6.07, 6.45) is 1.01. The van der Waals surface area contributed by atoms with E-state index in [4.69, 9.17) is 5.73 Å². The van der Waals surface area contributed by atoms with E-state index in [0.717, 1.165) is 17.7 Å². The number of benzene rings is 1. The predicted octanol–water partition coefficient (Wildman–Crippen LogP) is 2.27. The van der Waals surface area contributed by atoms with Gasteiger partial charge in [0.1, 0.15) is 0 Å². The van der Waals surface area contributed by atoms with Gasteiger partial charge in [0.25, 0.3) is 0 Å². The van der Waals surface area contributed by atoms with Crippen LogP contribution in [0.4, 0.5) is 5.69 Å². The van der Waals surface area contributed by atoms with Crippen molar-refractivity contribution in [3.05, 3.63) is 29.8 Å². The summed E-state index contributed by atoms with van der Waals surface area (Å²) in [6, 6.07) is 7.68. The zero-order valence-corrected chi connectivity index (χ0v) is 10.7. The highest BCUT2D eigenvalue weighted by molar-refractivity contribution is 5.82. The molecule has 0 aromatic heterocycles. The van der Waals surface area contributed by atoms with Crippen LogP contribution in [0.15, 0.2) is 24.3 Å². The smallest absolute Gasteiger partial charge is 0.226 e. The molecule has 92 valence electrons. The summed E-state index contributed by atoms with van der Waals surface area (Å²) in [5.74, 6) is 0.466. The number of nitrogens with two attached hydrogens (primary N) is 1. The van der Waals surface area contributed by atoms with E-state index in [1.165, 1.54) is 0 Å². The molecule has 1 aliphatic carbocycles. The molecule has 0 aliphatic heterocycles. The zero-order chi connectivity index (χ0) is 12.6. The van der Waals surface area contributed by atoms with Crippen LogP contribution in [0.25, 0.3) is 0 Å². The van der Waals surface area contributed by atoms with Crippen LogP contribution in [0, 0.1) is 11.3 Å². The topological polar surface area (TPSA) is 46.3 Å². The Morgan fingerprint density at radius 2 is 1.94 bits per heavy atom. The number of nitrogen functional groups attached to an aromatic ring is 1. The maximum Gasteiger partial charge on any atom is 0.226 e. The monoisotopic (exact) mass is 232 g/mol. The van der Waals surface area contributed by atoms with Crippen molar-refractivity contribution in [3.8, 4) is 0 Å². The number of hydrogen-bond donors (Lipinski definition) is 1. The van der Waals surface area contributed by atoms with E-state index in [1.807, 2.05) is 36.2 Å². The molecule has 17 heavy (non-hydrogen) atoms. The zero-order valence-electron chi connectivity index (χ0n) is 10.7. The second-order valence-electron chi connectivity index (χ2n) is 5.68. The van der Waals surface area contributed by atoms with E-state index in [1.54, 1.807) is 0 Å². The minimum atomic E-state index is 0.201. The van der Waals surface area contributed by atoms with Crippen LogP contribution in [0.5, 0.6) is 0 Å². The van der Waals surface area contributed by atoms with Gasteiger partial charge in [-0.05, 0) is 29.5 Å². The van der Waals surface area contributed by atoms with Crippen LogP contribution in [-0.2, 0) is 11.3 Å². The van der Waals surface area contributed by atoms with Crippen molar-refractivity contribution in [2.45, 2.75) is 26.8 Å². The molecule has 1 unspecified atom stereocenters. The fourth-order valence-corrected chi connectivity index (χ4v) is 2.13. The summed E-state index contributed by atoms with van der Waals surface area (Å²) in [7, 11) is 1.87. The van der Waals surface area contributed by atoms with Gasteiger partial charge in [0, 0.05) is 25.2 Å². The summed E-state index contributed by atoms with van der Waals surface area (Å²) in [5, 5.41) is 0. The molecule has 0 radical (unpaired) electrons. The molecule has 1 aromatic rings. The average molecular weight is 232 g/mol. The second kappa shape index (κ2) is 4.06. The van der Waals surface area contributed by atoms with E-state index in [9.17, 15) is 4.79 Å². The number of rotatable bonds is 3. The molecule has 0 bridgehead atoms. The van der Waals surface area contributed by atoms with Crippen molar-refractivity contribution in [2.75, 3.05) is 12.8 Å². The van der Waals surface area contributed by atoms with Gasteiger partial charge >= 0.3 is 0 Å². The van der Waals surface area contributed by atoms with Gasteiger partial charge < -0.3 is 10.6 Å². The van der Waals surface area contributed by atoms with E-state index in [0.29, 0.717) is 6.54 Å². The largest absolute Gasteiger partial charge is 0.399 e. The van der Waals surface area contributed by atoms with Gasteiger partial charge in [0.2, 0.25) is 5.91 Å². The molecule has 3 heteroatoms. The number of nitrogens with zero attached hydrogens (tertiary/aromatic N) is 1. The number of anilines is 1. The quantitative estimate of drug-likeness (QED) is 0.813. The Hall–Kier alpha value is -1.51. The van der Waals surface area contributed by atoms with Crippen LogP contribution in [0.2, 0.25) is 0 Å². The fourth-order valence-electron chi connectivity index (χ4n) is 2.13. The van der Waals surface area contributed by atoms with Crippen molar-refractivity contribution in [3.63, 3.8) is 0 Å². The third-order valence-corrected chi connectivity index (χ3v) is 3.59. The molecule has 2 rings (SSSR count). The average Bonchev–Trinajstić information content (AvgIpc) is 2.90. The minimum absolute atomic E-state index is 0.201. The lowest BCUT2D eigenvalue weighted by Crippen LogP contribution is -2.28. The number of amides is 1. The lowest BCUT2D eigenvalue weighted by Gasteiger charge is -2.18. The van der Waals surface area contributed by atoms with Gasteiger partial charge in [0.15, 0.2) is 0 Å². The molecular formula is C14H20N2O. The second-order valence-corrected chi connectivity index (χ2v) is 5.68. The Morgan fingerprint density at radius 1 is 1.41 bits per heavy atom. The van der Waals surface area contributed by atoms with E-state index < -0.39 is 0 Å². The van der Waals surface area contributed by atoms with Crippen LogP contribution in [0.1, 0.15) is 25.8 Å². The van der Waals surface area contributed by atoms with Crippen molar-refractivity contribution in [1.82, 2.24) is 4.90 Å². The molecule has 1 aromatic carbocycles. The minimum Gasteiger partial charge on any atom is -0.399 e. The molecule has 0 saturated heterocycles. The highest BCUT2D eigenvalue weighted by Gasteiger charge is 2.51. The molecule has 0 spiro atoms. The highest BCUT2D eigenvalue weighted by Crippen LogP contribution is 2.52. The molecule has 3 nitrogen and oxygen atoms in total. The summed E-state index contributed by atoms with van der Waals surface area (Å²) in [6.45, 7) is 4.95. The lowest BCUT2D eigenvalue weighted by molar-refractivity contribution is -0.132. The van der Waals surface area contributed by atoms with E-state index >= 15 is 0 Å². The van der Waals surface area contributed by atoms with Gasteiger partial charge in [-0.2, -0.15) is 0 Å². The van der Waals surface area contributed by atoms with Crippen LogP contribution >= 0.6 is 0 Å². The Labute approximate surface area is 103 Å². The van der Waals surface area contributed by atoms with Crippen molar-refractivity contribution in [2.24, 2.45) is 11.3 Å². The Bertz CT molecular complexity index is 422. The van der Waals surface area contributed by atoms with Crippen molar-refractivity contribution in [1.29, 1.82) is 0 Å². The summed E-state index contributed by atoms with van der Waals surface area (Å²) >= 11 is 0. The first-order chi connectivity index (χ1) is 7.90. The van der Waals surface area contributed by atoms with Crippen LogP contribution in [-0.4, -0.2) is 17.9 Å². The Balaban J connectivity index is 1.95. The first kappa shape index (κ1) is 12.0. The molecule has 1 atom stereocenters.